The molecule has 6 nitrogen and oxygen atoms in total. The summed E-state index contributed by atoms with van der Waals surface area (Å²) in [6.45, 7) is 2.83. The van der Waals surface area contributed by atoms with Crippen molar-refractivity contribution in [3.8, 4) is 0 Å². The molecule has 3 rings (SSSR count). The van der Waals surface area contributed by atoms with Crippen molar-refractivity contribution >= 4 is 42.5 Å². The number of aromatic nitrogens is 1. The summed E-state index contributed by atoms with van der Waals surface area (Å²) < 4.78 is 32.3. The normalized spacial score (nSPS) is 16.5. The molecule has 0 radical (unpaired) electrons. The zero-order valence-electron chi connectivity index (χ0n) is 14.2. The maximum absolute atomic E-state index is 12.4. The molecule has 2 heterocycles. The first kappa shape index (κ1) is 18.6. The molecule has 1 fully saturated rings. The third-order valence-corrected chi connectivity index (χ3v) is 7.02. The van der Waals surface area contributed by atoms with Crippen LogP contribution in [-0.2, 0) is 14.8 Å². The Balaban J connectivity index is 1.72. The third kappa shape index (κ3) is 4.13. The van der Waals surface area contributed by atoms with Crippen molar-refractivity contribution in [1.29, 1.82) is 0 Å². The van der Waals surface area contributed by atoms with Crippen LogP contribution in [0.4, 0.5) is 5.69 Å². The molecule has 0 aliphatic carbocycles. The lowest BCUT2D eigenvalue weighted by molar-refractivity contribution is 0.199. The lowest BCUT2D eigenvalue weighted by atomic mass is 10.1. The van der Waals surface area contributed by atoms with Gasteiger partial charge in [0.05, 0.1) is 11.3 Å². The average Bonchev–Trinajstić information content (AvgIpc) is 2.62. The number of anilines is 1. The van der Waals surface area contributed by atoms with Crippen LogP contribution in [-0.4, -0.2) is 63.4 Å². The molecule has 8 heteroatoms. The summed E-state index contributed by atoms with van der Waals surface area (Å²) in [6.07, 6.45) is 2.33. The molecule has 25 heavy (non-hydrogen) atoms. The zero-order chi connectivity index (χ0) is 17.9. The number of piperazine rings is 1. The largest absolute Gasteiger partial charge is 0.385 e. The van der Waals surface area contributed by atoms with E-state index in [2.05, 4.69) is 31.9 Å². The molecule has 0 saturated carbocycles. The van der Waals surface area contributed by atoms with Gasteiger partial charge in [0.2, 0.25) is 10.0 Å². The van der Waals surface area contributed by atoms with Gasteiger partial charge in [0.1, 0.15) is 0 Å². The number of para-hydroxylation sites is 1. The van der Waals surface area contributed by atoms with E-state index < -0.39 is 10.0 Å². The van der Waals surface area contributed by atoms with Gasteiger partial charge in [-0.3, -0.25) is 4.98 Å². The first-order valence-corrected chi connectivity index (χ1v) is 10.7. The Kier molecular flexibility index (Phi) is 5.93. The van der Waals surface area contributed by atoms with Crippen molar-refractivity contribution < 1.29 is 13.2 Å². The number of rotatable bonds is 6. The van der Waals surface area contributed by atoms with Gasteiger partial charge in [-0.05, 0) is 34.5 Å². The molecule has 0 bridgehead atoms. The van der Waals surface area contributed by atoms with Crippen LogP contribution in [0.25, 0.3) is 10.9 Å². The van der Waals surface area contributed by atoms with Crippen molar-refractivity contribution in [3.05, 3.63) is 34.9 Å². The highest BCUT2D eigenvalue weighted by atomic mass is 79.9. The highest BCUT2D eigenvalue weighted by Crippen LogP contribution is 2.30. The van der Waals surface area contributed by atoms with E-state index in [1.165, 1.54) is 0 Å². The summed E-state index contributed by atoms with van der Waals surface area (Å²) >= 11 is 3.54. The van der Waals surface area contributed by atoms with E-state index >= 15 is 0 Å². The second kappa shape index (κ2) is 7.99. The van der Waals surface area contributed by atoms with Crippen molar-refractivity contribution in [1.82, 2.24) is 9.29 Å². The van der Waals surface area contributed by atoms with E-state index in [1.807, 2.05) is 18.2 Å². The van der Waals surface area contributed by atoms with E-state index in [-0.39, 0.29) is 5.75 Å². The van der Waals surface area contributed by atoms with Crippen LogP contribution in [0.1, 0.15) is 6.42 Å². The third-order valence-electron chi connectivity index (χ3n) is 4.42. The minimum atomic E-state index is -3.20. The Morgan fingerprint density at radius 1 is 1.20 bits per heavy atom. The molecule has 1 aliphatic rings. The lowest BCUT2D eigenvalue weighted by Gasteiger charge is -2.35. The summed E-state index contributed by atoms with van der Waals surface area (Å²) in [5.74, 6) is 0.145. The Morgan fingerprint density at radius 3 is 2.68 bits per heavy atom. The van der Waals surface area contributed by atoms with Crippen LogP contribution in [0.5, 0.6) is 0 Å². The number of pyridine rings is 1. The van der Waals surface area contributed by atoms with E-state index in [4.69, 9.17) is 4.74 Å². The first-order chi connectivity index (χ1) is 12.0. The van der Waals surface area contributed by atoms with Crippen molar-refractivity contribution in [3.63, 3.8) is 0 Å². The molecule has 1 saturated heterocycles. The number of halogens is 1. The smallest absolute Gasteiger partial charge is 0.214 e. The van der Waals surface area contributed by atoms with Gasteiger partial charge in [0.15, 0.2) is 0 Å². The molecule has 1 aromatic heterocycles. The second-order valence-corrected chi connectivity index (χ2v) is 8.96. The molecule has 0 N–H and O–H groups in total. The fourth-order valence-corrected chi connectivity index (χ4v) is 5.05. The summed E-state index contributed by atoms with van der Waals surface area (Å²) in [7, 11) is -1.62. The minimum Gasteiger partial charge on any atom is -0.385 e. The average molecular weight is 428 g/mol. The Hall–Kier alpha value is -1.22. The zero-order valence-corrected chi connectivity index (χ0v) is 16.6. The summed E-state index contributed by atoms with van der Waals surface area (Å²) in [6, 6.07) is 8.02. The van der Waals surface area contributed by atoms with Gasteiger partial charge in [-0.1, -0.05) is 12.1 Å². The monoisotopic (exact) mass is 427 g/mol. The quantitative estimate of drug-likeness (QED) is 0.662. The molecule has 0 amide bonds. The summed E-state index contributed by atoms with van der Waals surface area (Å²) in [5, 5.41) is 1.08. The summed E-state index contributed by atoms with van der Waals surface area (Å²) in [5.41, 5.74) is 2.03. The standard InChI is InChI=1S/C17H22BrN3O3S/c1-24-12-3-13-25(22,23)21-10-8-20(9-11-21)16-6-7-19-17-14(16)4-2-5-15(17)18/h2,4-7H,3,8-13H2,1H3. The molecular formula is C17H22BrN3O3S. The van der Waals surface area contributed by atoms with Crippen molar-refractivity contribution in [2.24, 2.45) is 0 Å². The van der Waals surface area contributed by atoms with Gasteiger partial charge >= 0.3 is 0 Å². The van der Waals surface area contributed by atoms with Gasteiger partial charge in [-0.15, -0.1) is 0 Å². The number of fused-ring (bicyclic) bond motifs is 1. The molecule has 0 spiro atoms. The number of hydrogen-bond donors (Lipinski definition) is 0. The number of nitrogens with zero attached hydrogens (tertiary/aromatic N) is 3. The number of benzene rings is 1. The van der Waals surface area contributed by atoms with Gasteiger partial charge < -0.3 is 9.64 Å². The van der Waals surface area contributed by atoms with Crippen LogP contribution in [0, 0.1) is 0 Å². The predicted octanol–water partition coefficient (Wildman–Crippen LogP) is 2.49. The topological polar surface area (TPSA) is 62.7 Å². The van der Waals surface area contributed by atoms with Crippen LogP contribution in [0.15, 0.2) is 34.9 Å². The fourth-order valence-electron chi connectivity index (χ4n) is 3.12. The van der Waals surface area contributed by atoms with E-state index in [1.54, 1.807) is 17.6 Å². The van der Waals surface area contributed by atoms with Crippen LogP contribution in [0.3, 0.4) is 0 Å². The molecule has 0 atom stereocenters. The molecule has 1 aromatic carbocycles. The number of ether oxygens (including phenoxy) is 1. The van der Waals surface area contributed by atoms with Crippen molar-refractivity contribution in [2.75, 3.05) is 50.5 Å². The number of methoxy groups -OCH3 is 1. The highest BCUT2D eigenvalue weighted by Gasteiger charge is 2.27. The number of sulfonamides is 1. The summed E-state index contributed by atoms with van der Waals surface area (Å²) in [4.78, 5) is 6.67. The van der Waals surface area contributed by atoms with Crippen LogP contribution in [0.2, 0.25) is 0 Å². The van der Waals surface area contributed by atoms with E-state index in [9.17, 15) is 8.42 Å². The predicted molar refractivity (Wildman–Crippen MR) is 104 cm³/mol. The van der Waals surface area contributed by atoms with Gasteiger partial charge in [0, 0.05) is 61.6 Å². The fraction of sp³-hybridized carbons (Fsp3) is 0.471. The molecule has 2 aromatic rings. The maximum Gasteiger partial charge on any atom is 0.214 e. The highest BCUT2D eigenvalue weighted by molar-refractivity contribution is 9.10. The second-order valence-electron chi connectivity index (χ2n) is 6.01. The van der Waals surface area contributed by atoms with Gasteiger partial charge in [-0.25, -0.2) is 8.42 Å². The SMILES string of the molecule is COCCCS(=O)(=O)N1CCN(c2ccnc3c(Br)cccc23)CC1. The maximum atomic E-state index is 12.4. The van der Waals surface area contributed by atoms with Crippen molar-refractivity contribution in [2.45, 2.75) is 6.42 Å². The number of hydrogen-bond acceptors (Lipinski definition) is 5. The van der Waals surface area contributed by atoms with Gasteiger partial charge in [0.25, 0.3) is 0 Å². The minimum absolute atomic E-state index is 0.145. The van der Waals surface area contributed by atoms with E-state index in [0.717, 1.165) is 21.1 Å². The van der Waals surface area contributed by atoms with Gasteiger partial charge in [-0.2, -0.15) is 4.31 Å². The molecule has 136 valence electrons. The molecule has 1 aliphatic heterocycles. The molecule has 0 unspecified atom stereocenters. The lowest BCUT2D eigenvalue weighted by Crippen LogP contribution is -2.49. The van der Waals surface area contributed by atoms with E-state index in [0.29, 0.717) is 39.2 Å². The Labute approximate surface area is 157 Å². The Bertz CT molecular complexity index is 836. The Morgan fingerprint density at radius 2 is 1.96 bits per heavy atom. The van der Waals surface area contributed by atoms with Crippen LogP contribution < -0.4 is 4.90 Å². The van der Waals surface area contributed by atoms with Crippen LogP contribution >= 0.6 is 15.9 Å². The first-order valence-electron chi connectivity index (χ1n) is 8.28. The molecular weight excluding hydrogens is 406 g/mol.